The number of hydrogen-bond donors (Lipinski definition) is 3. The number of benzene rings is 5. The Hall–Kier alpha value is -4.52. The van der Waals surface area contributed by atoms with E-state index < -0.39 is 7.12 Å². The number of aromatic nitrogens is 2. The first-order chi connectivity index (χ1) is 17.6. The van der Waals surface area contributed by atoms with E-state index in [9.17, 15) is 15.2 Å². The summed E-state index contributed by atoms with van der Waals surface area (Å²) in [5.41, 5.74) is 6.21. The van der Waals surface area contributed by atoms with Crippen molar-refractivity contribution in [1.82, 2.24) is 9.13 Å². The van der Waals surface area contributed by atoms with Crippen molar-refractivity contribution in [3.05, 3.63) is 109 Å². The van der Waals surface area contributed by atoms with Gasteiger partial charge in [-0.3, -0.25) is 0 Å². The summed E-state index contributed by atoms with van der Waals surface area (Å²) in [6.45, 7) is 0. The van der Waals surface area contributed by atoms with Crippen molar-refractivity contribution in [2.45, 2.75) is 0 Å². The molecule has 5 nitrogen and oxygen atoms in total. The first kappa shape index (κ1) is 20.8. The van der Waals surface area contributed by atoms with E-state index >= 15 is 0 Å². The second-order valence-corrected chi connectivity index (χ2v) is 9.04. The van der Waals surface area contributed by atoms with Crippen LogP contribution in [0.3, 0.4) is 0 Å². The molecule has 0 aliphatic rings. The van der Waals surface area contributed by atoms with Gasteiger partial charge in [-0.25, -0.2) is 0 Å². The first-order valence-electron chi connectivity index (χ1n) is 11.8. The maximum atomic E-state index is 10.4. The maximum Gasteiger partial charge on any atom is 0.492 e. The molecule has 0 saturated carbocycles. The molecular weight excluding hydrogens is 447 g/mol. The van der Waals surface area contributed by atoms with E-state index in [-0.39, 0.29) is 11.2 Å². The van der Waals surface area contributed by atoms with Crippen LogP contribution in [-0.4, -0.2) is 31.4 Å². The normalized spacial score (nSPS) is 11.7. The lowest BCUT2D eigenvalue weighted by atomic mass is 9.79. The Morgan fingerprint density at radius 2 is 0.917 bits per heavy atom. The average Bonchev–Trinajstić information content (AvgIpc) is 3.41. The van der Waals surface area contributed by atoms with Gasteiger partial charge in [0.2, 0.25) is 0 Å². The van der Waals surface area contributed by atoms with Gasteiger partial charge in [0.15, 0.2) is 0 Å². The fraction of sp³-hybridized carbons (Fsp3) is 0. The molecule has 172 valence electrons. The number of rotatable bonds is 3. The molecule has 0 unspecified atom stereocenters. The minimum absolute atomic E-state index is 0.0770. The van der Waals surface area contributed by atoms with Crippen molar-refractivity contribution >= 4 is 56.2 Å². The zero-order chi connectivity index (χ0) is 24.4. The number of para-hydroxylation sites is 3. The molecule has 0 atom stereocenters. The molecule has 0 fully saturated rings. The van der Waals surface area contributed by atoms with E-state index in [1.165, 1.54) is 10.8 Å². The summed E-state index contributed by atoms with van der Waals surface area (Å²) in [6.07, 6.45) is 0. The molecule has 5 aromatic carbocycles. The van der Waals surface area contributed by atoms with Gasteiger partial charge in [0.1, 0.15) is 5.75 Å². The standard InChI is InChI=1S/C30H21BN2O3/c34-30-18-20(13-15-25(30)31(35)36)33-28-12-6-3-9-23(28)24-17-19(14-16-29(24)33)32-26-10-4-1-7-21(26)22-8-2-5-11-27(22)32/h1-18,34-36H. The molecule has 0 spiro atoms. The summed E-state index contributed by atoms with van der Waals surface area (Å²) in [6, 6.07) is 36.5. The van der Waals surface area contributed by atoms with Crippen molar-refractivity contribution < 1.29 is 15.2 Å². The molecular formula is C30H21BN2O3. The van der Waals surface area contributed by atoms with Gasteiger partial charge in [0, 0.05) is 44.4 Å². The number of phenols is 1. The summed E-state index contributed by atoms with van der Waals surface area (Å²) in [5.74, 6) is -0.157. The Labute approximate surface area is 206 Å². The van der Waals surface area contributed by atoms with Gasteiger partial charge < -0.3 is 24.3 Å². The summed E-state index contributed by atoms with van der Waals surface area (Å²) in [5, 5.41) is 34.1. The number of phenolic OH excluding ortho intramolecular Hbond substituents is 1. The van der Waals surface area contributed by atoms with Gasteiger partial charge in [-0.15, -0.1) is 0 Å². The molecule has 7 aromatic rings. The molecule has 6 heteroatoms. The molecule has 7 rings (SSSR count). The Balaban J connectivity index is 1.52. The lowest BCUT2D eigenvalue weighted by molar-refractivity contribution is 0.419. The highest BCUT2D eigenvalue weighted by Crippen LogP contribution is 2.36. The van der Waals surface area contributed by atoms with Crippen molar-refractivity contribution in [3.8, 4) is 17.1 Å². The molecule has 3 N–H and O–H groups in total. The quantitative estimate of drug-likeness (QED) is 0.310. The predicted octanol–water partition coefficient (Wildman–Crippen LogP) is 5.27. The van der Waals surface area contributed by atoms with Crippen LogP contribution in [0.15, 0.2) is 109 Å². The fourth-order valence-electron chi connectivity index (χ4n) is 5.47. The molecule has 0 aliphatic heterocycles. The van der Waals surface area contributed by atoms with E-state index in [2.05, 4.69) is 88.0 Å². The monoisotopic (exact) mass is 468 g/mol. The highest BCUT2D eigenvalue weighted by molar-refractivity contribution is 6.59. The van der Waals surface area contributed by atoms with Gasteiger partial charge in [0.25, 0.3) is 0 Å². The fourth-order valence-corrected chi connectivity index (χ4v) is 5.47. The summed E-state index contributed by atoms with van der Waals surface area (Å²) < 4.78 is 4.40. The number of hydrogen-bond acceptors (Lipinski definition) is 3. The number of fused-ring (bicyclic) bond motifs is 6. The highest BCUT2D eigenvalue weighted by atomic mass is 16.4. The van der Waals surface area contributed by atoms with Gasteiger partial charge in [-0.2, -0.15) is 0 Å². The molecule has 36 heavy (non-hydrogen) atoms. The highest BCUT2D eigenvalue weighted by Gasteiger charge is 2.19. The van der Waals surface area contributed by atoms with Crippen LogP contribution >= 0.6 is 0 Å². The van der Waals surface area contributed by atoms with Gasteiger partial charge in [0.05, 0.1) is 22.1 Å². The van der Waals surface area contributed by atoms with Crippen LogP contribution in [0.2, 0.25) is 0 Å². The van der Waals surface area contributed by atoms with Crippen LogP contribution in [-0.2, 0) is 0 Å². The number of nitrogens with zero attached hydrogens (tertiary/aromatic N) is 2. The zero-order valence-corrected chi connectivity index (χ0v) is 19.2. The van der Waals surface area contributed by atoms with E-state index in [0.717, 1.165) is 44.2 Å². The van der Waals surface area contributed by atoms with Gasteiger partial charge in [-0.1, -0.05) is 60.7 Å². The van der Waals surface area contributed by atoms with Crippen molar-refractivity contribution in [2.24, 2.45) is 0 Å². The third kappa shape index (κ3) is 2.92. The molecule has 0 saturated heterocycles. The molecule has 2 heterocycles. The van der Waals surface area contributed by atoms with Crippen LogP contribution in [0.1, 0.15) is 0 Å². The smallest absolute Gasteiger partial charge is 0.492 e. The lowest BCUT2D eigenvalue weighted by Gasteiger charge is -2.12. The van der Waals surface area contributed by atoms with Crippen LogP contribution in [0.25, 0.3) is 55.0 Å². The third-order valence-electron chi connectivity index (χ3n) is 7.04. The SMILES string of the molecule is OB(O)c1ccc(-n2c3ccccc3c3cc(-n4c5ccccc5c5ccccc54)ccc32)cc1O. The average molecular weight is 468 g/mol. The van der Waals surface area contributed by atoms with E-state index in [1.807, 2.05) is 12.1 Å². The van der Waals surface area contributed by atoms with Crippen molar-refractivity contribution in [2.75, 3.05) is 0 Å². The Bertz CT molecular complexity index is 1900. The van der Waals surface area contributed by atoms with Crippen molar-refractivity contribution in [1.29, 1.82) is 0 Å². The Morgan fingerprint density at radius 1 is 0.472 bits per heavy atom. The Morgan fingerprint density at radius 3 is 1.44 bits per heavy atom. The summed E-state index contributed by atoms with van der Waals surface area (Å²) >= 11 is 0. The van der Waals surface area contributed by atoms with E-state index in [4.69, 9.17) is 0 Å². The maximum absolute atomic E-state index is 10.4. The first-order valence-corrected chi connectivity index (χ1v) is 11.8. The van der Waals surface area contributed by atoms with Crippen LogP contribution in [0.5, 0.6) is 5.75 Å². The zero-order valence-electron chi connectivity index (χ0n) is 19.2. The van der Waals surface area contributed by atoms with Crippen LogP contribution in [0.4, 0.5) is 0 Å². The second kappa shape index (κ2) is 7.75. The lowest BCUT2D eigenvalue weighted by Crippen LogP contribution is -2.30. The van der Waals surface area contributed by atoms with E-state index in [0.29, 0.717) is 0 Å². The molecule has 0 bridgehead atoms. The molecule has 2 aromatic heterocycles. The minimum Gasteiger partial charge on any atom is -0.508 e. The van der Waals surface area contributed by atoms with Crippen LogP contribution in [0, 0.1) is 0 Å². The minimum atomic E-state index is -1.73. The molecule has 0 amide bonds. The topological polar surface area (TPSA) is 70.5 Å². The predicted molar refractivity (Wildman–Crippen MR) is 147 cm³/mol. The second-order valence-electron chi connectivity index (χ2n) is 9.04. The van der Waals surface area contributed by atoms with Gasteiger partial charge in [-0.05, 0) is 42.5 Å². The number of aromatic hydroxyl groups is 1. The summed E-state index contributed by atoms with van der Waals surface area (Å²) in [4.78, 5) is 0. The van der Waals surface area contributed by atoms with E-state index in [1.54, 1.807) is 18.2 Å². The Kier molecular flexibility index (Phi) is 4.48. The summed E-state index contributed by atoms with van der Waals surface area (Å²) in [7, 11) is -1.73. The molecule has 0 aliphatic carbocycles. The van der Waals surface area contributed by atoms with Crippen molar-refractivity contribution in [3.63, 3.8) is 0 Å². The third-order valence-corrected chi connectivity index (χ3v) is 7.04. The van der Waals surface area contributed by atoms with Crippen LogP contribution < -0.4 is 5.46 Å². The molecule has 0 radical (unpaired) electrons. The largest absolute Gasteiger partial charge is 0.508 e. The van der Waals surface area contributed by atoms with Gasteiger partial charge >= 0.3 is 7.12 Å².